The SMILES string of the molecule is NC(=O)n1cc(NC(=O)N2CCS[C@H]2C(O)NCc2cccc(Cl)c2F)c2ccccc21. The summed E-state index contributed by atoms with van der Waals surface area (Å²) < 4.78 is 15.4. The van der Waals surface area contributed by atoms with Gasteiger partial charge in [0.25, 0.3) is 0 Å². The number of aromatic nitrogens is 1. The van der Waals surface area contributed by atoms with Crippen LogP contribution < -0.4 is 16.4 Å². The number of carbonyl (C=O) groups excluding carboxylic acids is 2. The third-order valence-corrected chi connectivity index (χ3v) is 6.75. The zero-order chi connectivity index (χ0) is 22.8. The molecule has 0 saturated carbocycles. The molecule has 2 atom stereocenters. The van der Waals surface area contributed by atoms with Gasteiger partial charge in [0.2, 0.25) is 0 Å². The first-order chi connectivity index (χ1) is 15.4. The van der Waals surface area contributed by atoms with Gasteiger partial charge in [0.05, 0.1) is 16.2 Å². The third kappa shape index (κ3) is 4.40. The van der Waals surface area contributed by atoms with E-state index < -0.39 is 29.5 Å². The molecule has 2 aromatic carbocycles. The molecule has 1 aromatic heterocycles. The number of halogens is 2. The normalized spacial score (nSPS) is 17.0. The van der Waals surface area contributed by atoms with Crippen molar-refractivity contribution in [3.63, 3.8) is 0 Å². The number of carbonyl (C=O) groups is 2. The Bertz CT molecular complexity index is 1170. The lowest BCUT2D eigenvalue weighted by Crippen LogP contribution is -2.49. The molecule has 3 aromatic rings. The van der Waals surface area contributed by atoms with Crippen molar-refractivity contribution >= 4 is 52.0 Å². The van der Waals surface area contributed by atoms with Crippen molar-refractivity contribution in [3.8, 4) is 0 Å². The summed E-state index contributed by atoms with van der Waals surface area (Å²) in [6, 6.07) is 10.6. The Morgan fingerprint density at radius 2 is 2.06 bits per heavy atom. The van der Waals surface area contributed by atoms with Crippen LogP contribution in [-0.4, -0.2) is 50.5 Å². The molecule has 32 heavy (non-hydrogen) atoms. The molecule has 0 bridgehead atoms. The average molecular weight is 478 g/mol. The second-order valence-electron chi connectivity index (χ2n) is 7.19. The number of hydrogen-bond donors (Lipinski definition) is 4. The molecular formula is C21H21ClFN5O3S. The second kappa shape index (κ2) is 9.37. The van der Waals surface area contributed by atoms with E-state index in [0.717, 1.165) is 0 Å². The van der Waals surface area contributed by atoms with Crippen LogP contribution in [0, 0.1) is 5.82 Å². The summed E-state index contributed by atoms with van der Waals surface area (Å²) in [7, 11) is 0. The molecule has 2 heterocycles. The van der Waals surface area contributed by atoms with E-state index in [1.165, 1.54) is 33.5 Å². The van der Waals surface area contributed by atoms with Gasteiger partial charge in [0.15, 0.2) is 0 Å². The van der Waals surface area contributed by atoms with Gasteiger partial charge < -0.3 is 21.1 Å². The molecule has 1 aliphatic heterocycles. The molecule has 3 amide bonds. The van der Waals surface area contributed by atoms with Crippen LogP contribution in [0.1, 0.15) is 5.56 Å². The Hall–Kier alpha value is -2.79. The zero-order valence-corrected chi connectivity index (χ0v) is 18.4. The van der Waals surface area contributed by atoms with Gasteiger partial charge >= 0.3 is 12.1 Å². The third-order valence-electron chi connectivity index (χ3n) is 5.18. The van der Waals surface area contributed by atoms with Gasteiger partial charge in [-0.1, -0.05) is 41.9 Å². The number of aliphatic hydroxyl groups is 1. The lowest BCUT2D eigenvalue weighted by Gasteiger charge is -2.28. The summed E-state index contributed by atoms with van der Waals surface area (Å²) in [6.45, 7) is 0.464. The van der Waals surface area contributed by atoms with Gasteiger partial charge in [-0.15, -0.1) is 11.8 Å². The van der Waals surface area contributed by atoms with Crippen molar-refractivity contribution in [3.05, 3.63) is 65.1 Å². The van der Waals surface area contributed by atoms with Crippen molar-refractivity contribution in [1.82, 2.24) is 14.8 Å². The number of rotatable bonds is 5. The van der Waals surface area contributed by atoms with Crippen molar-refractivity contribution in [1.29, 1.82) is 0 Å². The fourth-order valence-electron chi connectivity index (χ4n) is 3.62. The minimum Gasteiger partial charge on any atom is -0.375 e. The van der Waals surface area contributed by atoms with Crippen LogP contribution in [0.25, 0.3) is 10.9 Å². The molecule has 1 aliphatic rings. The first-order valence-electron chi connectivity index (χ1n) is 9.80. The van der Waals surface area contributed by atoms with E-state index in [0.29, 0.717) is 34.5 Å². The standard InChI is InChI=1S/C21H21ClFN5O3S/c22-14-6-3-4-12(17(14)23)10-25-18(29)19-27(8-9-32-19)21(31)26-15-11-28(20(24)30)16-7-2-1-5-13(15)16/h1-7,11,18-19,25,29H,8-10H2,(H2,24,30)(H,26,31)/t18?,19-/m0/s1. The number of nitrogens with two attached hydrogens (primary N) is 1. The number of urea groups is 1. The summed E-state index contributed by atoms with van der Waals surface area (Å²) in [5.74, 6) is 0.0826. The molecule has 0 aliphatic carbocycles. The van der Waals surface area contributed by atoms with Gasteiger partial charge in [-0.3, -0.25) is 9.88 Å². The van der Waals surface area contributed by atoms with E-state index >= 15 is 0 Å². The minimum atomic E-state index is -1.10. The largest absolute Gasteiger partial charge is 0.375 e. The maximum absolute atomic E-state index is 14.1. The van der Waals surface area contributed by atoms with Crippen molar-refractivity contribution < 1.29 is 19.1 Å². The van der Waals surface area contributed by atoms with E-state index in [9.17, 15) is 19.1 Å². The Morgan fingerprint density at radius 3 is 2.84 bits per heavy atom. The van der Waals surface area contributed by atoms with Gasteiger partial charge in [-0.05, 0) is 12.1 Å². The highest BCUT2D eigenvalue weighted by Crippen LogP contribution is 2.30. The van der Waals surface area contributed by atoms with E-state index in [4.69, 9.17) is 17.3 Å². The van der Waals surface area contributed by atoms with Crippen LogP contribution in [0.15, 0.2) is 48.7 Å². The summed E-state index contributed by atoms with van der Waals surface area (Å²) in [4.78, 5) is 26.2. The topological polar surface area (TPSA) is 113 Å². The Morgan fingerprint density at radius 1 is 1.28 bits per heavy atom. The quantitative estimate of drug-likeness (QED) is 0.421. The molecule has 5 N–H and O–H groups in total. The number of aliphatic hydroxyl groups excluding tert-OH is 1. The average Bonchev–Trinajstić information content (AvgIpc) is 3.40. The van der Waals surface area contributed by atoms with Gasteiger partial charge in [0.1, 0.15) is 17.4 Å². The first-order valence-corrected chi connectivity index (χ1v) is 11.2. The smallest absolute Gasteiger partial charge is 0.323 e. The first kappa shape index (κ1) is 22.4. The second-order valence-corrected chi connectivity index (χ2v) is 8.82. The molecule has 168 valence electrons. The van der Waals surface area contributed by atoms with E-state index in [1.54, 1.807) is 36.4 Å². The number of benzene rings is 2. The highest BCUT2D eigenvalue weighted by Gasteiger charge is 2.35. The summed E-state index contributed by atoms with van der Waals surface area (Å²) in [5, 5.41) is 16.4. The number of anilines is 1. The highest BCUT2D eigenvalue weighted by molar-refractivity contribution is 8.00. The van der Waals surface area contributed by atoms with Crippen molar-refractivity contribution in [2.24, 2.45) is 5.73 Å². The number of nitrogens with one attached hydrogen (secondary N) is 2. The van der Waals surface area contributed by atoms with Crippen molar-refractivity contribution in [2.75, 3.05) is 17.6 Å². The van der Waals surface area contributed by atoms with Gasteiger partial charge in [0, 0.05) is 36.0 Å². The van der Waals surface area contributed by atoms with Crippen LogP contribution in [0.3, 0.4) is 0 Å². The Labute approximate surface area is 192 Å². The van der Waals surface area contributed by atoms with Crippen LogP contribution in [0.5, 0.6) is 0 Å². The zero-order valence-electron chi connectivity index (χ0n) is 16.8. The molecule has 0 radical (unpaired) electrons. The predicted octanol–water partition coefficient (Wildman–Crippen LogP) is 3.38. The monoisotopic (exact) mass is 477 g/mol. The Kier molecular flexibility index (Phi) is 6.56. The fraction of sp³-hybridized carbons (Fsp3) is 0.238. The van der Waals surface area contributed by atoms with E-state index in [2.05, 4.69) is 10.6 Å². The summed E-state index contributed by atoms with van der Waals surface area (Å²) in [5.41, 5.74) is 6.76. The maximum atomic E-state index is 14.1. The lowest BCUT2D eigenvalue weighted by molar-refractivity contribution is 0.0878. The van der Waals surface area contributed by atoms with Gasteiger partial charge in [-0.2, -0.15) is 0 Å². The number of thioether (sulfide) groups is 1. The minimum absolute atomic E-state index is 0.00478. The van der Waals surface area contributed by atoms with Crippen LogP contribution in [0.4, 0.5) is 19.7 Å². The van der Waals surface area contributed by atoms with Crippen LogP contribution in [-0.2, 0) is 6.54 Å². The summed E-state index contributed by atoms with van der Waals surface area (Å²) in [6.07, 6.45) is 0.373. The predicted molar refractivity (Wildman–Crippen MR) is 123 cm³/mol. The molecule has 1 unspecified atom stereocenters. The van der Waals surface area contributed by atoms with Gasteiger partial charge in [-0.25, -0.2) is 14.0 Å². The molecule has 8 nitrogen and oxygen atoms in total. The molecule has 11 heteroatoms. The number of primary amides is 1. The van der Waals surface area contributed by atoms with Crippen molar-refractivity contribution in [2.45, 2.75) is 18.1 Å². The number of para-hydroxylation sites is 1. The molecule has 1 fully saturated rings. The van der Waals surface area contributed by atoms with Crippen LogP contribution in [0.2, 0.25) is 5.02 Å². The fourth-order valence-corrected chi connectivity index (χ4v) is 5.01. The number of hydrogen-bond acceptors (Lipinski definition) is 5. The van der Waals surface area contributed by atoms with Crippen LogP contribution >= 0.6 is 23.4 Å². The van der Waals surface area contributed by atoms with E-state index in [1.807, 2.05) is 0 Å². The molecule has 4 rings (SSSR count). The van der Waals surface area contributed by atoms with E-state index in [-0.39, 0.29) is 11.6 Å². The molecule has 0 spiro atoms. The highest BCUT2D eigenvalue weighted by atomic mass is 35.5. The Balaban J connectivity index is 1.46. The summed E-state index contributed by atoms with van der Waals surface area (Å²) >= 11 is 7.21. The number of nitrogens with zero attached hydrogens (tertiary/aromatic N) is 2. The molecule has 1 saturated heterocycles. The lowest BCUT2D eigenvalue weighted by atomic mass is 10.2. The molecular weight excluding hydrogens is 457 g/mol. The maximum Gasteiger partial charge on any atom is 0.323 e. The number of fused-ring (bicyclic) bond motifs is 1. The number of amides is 3.